The Morgan fingerprint density at radius 1 is 1.26 bits per heavy atom. The Hall–Kier alpha value is -3.62. The van der Waals surface area contributed by atoms with Gasteiger partial charge in [0, 0.05) is 25.0 Å². The van der Waals surface area contributed by atoms with Crippen molar-refractivity contribution in [1.29, 1.82) is 0 Å². The third-order valence-corrected chi connectivity index (χ3v) is 6.07. The number of allylic oxidation sites excluding steroid dienone is 1. The summed E-state index contributed by atoms with van der Waals surface area (Å²) in [6.45, 7) is 9.85. The molecule has 0 aliphatic carbocycles. The number of hydrogen-bond donors (Lipinski definition) is 1. The number of carbonyl (C=O) groups excluding carboxylic acids is 1. The summed E-state index contributed by atoms with van der Waals surface area (Å²) in [5.74, 6) is -3.05. The topological polar surface area (TPSA) is 67.4 Å². The van der Waals surface area contributed by atoms with Gasteiger partial charge in [-0.1, -0.05) is 18.7 Å². The first-order valence-electron chi connectivity index (χ1n) is 11.2. The van der Waals surface area contributed by atoms with E-state index < -0.39 is 28.5 Å². The number of benzene rings is 2. The fourth-order valence-corrected chi connectivity index (χ4v) is 4.13. The molecule has 0 unspecified atom stereocenters. The maximum absolute atomic E-state index is 14.9. The minimum Gasteiger partial charge on any atom is -0.476 e. The van der Waals surface area contributed by atoms with Crippen LogP contribution in [0.5, 0.6) is 5.75 Å². The van der Waals surface area contributed by atoms with Crippen LogP contribution in [0.2, 0.25) is 0 Å². The van der Waals surface area contributed by atoms with Gasteiger partial charge in [0.2, 0.25) is 0 Å². The molecule has 2 heterocycles. The van der Waals surface area contributed by atoms with Gasteiger partial charge in [-0.3, -0.25) is 4.79 Å². The molecule has 0 atom stereocenters. The average Bonchev–Trinajstić information content (AvgIpc) is 2.77. The van der Waals surface area contributed by atoms with Crippen molar-refractivity contribution in [2.24, 2.45) is 0 Å². The zero-order valence-electron chi connectivity index (χ0n) is 20.3. The Labute approximate surface area is 201 Å². The number of halogens is 3. The van der Waals surface area contributed by atoms with Crippen LogP contribution in [-0.2, 0) is 17.1 Å². The smallest absolute Gasteiger partial charge is 0.296 e. The number of hydrogen-bond acceptors (Lipinski definition) is 5. The second kappa shape index (κ2) is 8.55. The number of aryl methyl sites for hydroxylation is 1. The van der Waals surface area contributed by atoms with Gasteiger partial charge in [-0.05, 0) is 57.4 Å². The van der Waals surface area contributed by atoms with Crippen molar-refractivity contribution in [1.82, 2.24) is 9.97 Å². The van der Waals surface area contributed by atoms with Crippen LogP contribution in [0.4, 0.5) is 24.7 Å². The van der Waals surface area contributed by atoms with Crippen LogP contribution in [0.1, 0.15) is 37.7 Å². The van der Waals surface area contributed by atoms with E-state index in [2.05, 4.69) is 21.9 Å². The highest BCUT2D eigenvalue weighted by atomic mass is 19.3. The molecule has 0 saturated carbocycles. The molecule has 3 aromatic rings. The first kappa shape index (κ1) is 24.5. The summed E-state index contributed by atoms with van der Waals surface area (Å²) in [5.41, 5.74) is -0.756. The molecule has 0 radical (unpaired) electrons. The maximum Gasteiger partial charge on any atom is 0.296 e. The highest BCUT2D eigenvalue weighted by Gasteiger charge is 2.39. The molecule has 2 aromatic carbocycles. The van der Waals surface area contributed by atoms with Gasteiger partial charge >= 0.3 is 0 Å². The van der Waals surface area contributed by atoms with Gasteiger partial charge in [0.05, 0.1) is 16.8 Å². The van der Waals surface area contributed by atoms with Crippen molar-refractivity contribution >= 4 is 28.3 Å². The number of alkyl halides is 2. The van der Waals surface area contributed by atoms with E-state index in [-0.39, 0.29) is 24.4 Å². The van der Waals surface area contributed by atoms with Gasteiger partial charge in [0.15, 0.2) is 5.60 Å². The predicted molar refractivity (Wildman–Crippen MR) is 130 cm³/mol. The summed E-state index contributed by atoms with van der Waals surface area (Å²) >= 11 is 0. The second-order valence-electron chi connectivity index (χ2n) is 9.24. The number of amides is 1. The molecule has 0 spiro atoms. The molecule has 35 heavy (non-hydrogen) atoms. The van der Waals surface area contributed by atoms with Crippen LogP contribution in [0, 0.1) is 12.7 Å². The van der Waals surface area contributed by atoms with Crippen molar-refractivity contribution in [2.75, 3.05) is 23.8 Å². The number of rotatable bonds is 6. The highest BCUT2D eigenvalue weighted by molar-refractivity contribution is 6.05. The van der Waals surface area contributed by atoms with Gasteiger partial charge in [-0.2, -0.15) is 8.78 Å². The summed E-state index contributed by atoms with van der Waals surface area (Å²) in [4.78, 5) is 23.1. The summed E-state index contributed by atoms with van der Waals surface area (Å²) < 4.78 is 49.5. The van der Waals surface area contributed by atoms with E-state index in [0.717, 1.165) is 6.07 Å². The molecule has 1 N–H and O–H groups in total. The zero-order chi connectivity index (χ0) is 25.7. The molecular formula is C26H27F3N4O2. The Kier molecular flexibility index (Phi) is 5.99. The molecule has 6 nitrogen and oxygen atoms in total. The number of aromatic nitrogens is 2. The molecule has 4 rings (SSSR count). The molecule has 1 aromatic heterocycles. The first-order chi connectivity index (χ1) is 16.3. The quantitative estimate of drug-likeness (QED) is 0.466. The van der Waals surface area contributed by atoms with E-state index in [0.29, 0.717) is 34.0 Å². The standard InChI is InChI=1S/C26H27F3N4O2/c1-14(2)26(28,29)18-9-7-8-16(22(18)27)10-11-30-23-17-12-20-21(13-19(17)31-15(3)32-23)35-25(4,5)24(34)33(20)6/h7-9,12-13H,1,10-11H2,2-6H3,(H,30,31,32). The van der Waals surface area contributed by atoms with Crippen molar-refractivity contribution in [2.45, 2.75) is 45.6 Å². The first-order valence-corrected chi connectivity index (χ1v) is 11.2. The van der Waals surface area contributed by atoms with Gasteiger partial charge < -0.3 is 15.0 Å². The third-order valence-electron chi connectivity index (χ3n) is 6.07. The van der Waals surface area contributed by atoms with Crippen molar-refractivity contribution < 1.29 is 22.7 Å². The SMILES string of the molecule is C=C(C)C(F)(F)c1cccc(CCNc2nc(C)nc3cc4c(cc23)N(C)C(=O)C(C)(C)O4)c1F. The lowest BCUT2D eigenvalue weighted by Gasteiger charge is -2.37. The van der Waals surface area contributed by atoms with E-state index in [4.69, 9.17) is 4.74 Å². The fraction of sp³-hybridized carbons (Fsp3) is 0.346. The van der Waals surface area contributed by atoms with E-state index in [1.165, 1.54) is 24.0 Å². The summed E-state index contributed by atoms with van der Waals surface area (Å²) in [6, 6.07) is 7.50. The monoisotopic (exact) mass is 484 g/mol. The molecule has 0 fully saturated rings. The van der Waals surface area contributed by atoms with E-state index in [1.54, 1.807) is 40.0 Å². The van der Waals surface area contributed by atoms with Crippen molar-refractivity contribution in [3.8, 4) is 5.75 Å². The Morgan fingerprint density at radius 3 is 2.66 bits per heavy atom. The number of anilines is 2. The summed E-state index contributed by atoms with van der Waals surface area (Å²) in [6.07, 6.45) is 0.150. The molecule has 0 bridgehead atoms. The lowest BCUT2D eigenvalue weighted by molar-refractivity contribution is -0.132. The summed E-state index contributed by atoms with van der Waals surface area (Å²) in [7, 11) is 1.68. The number of fused-ring (bicyclic) bond motifs is 2. The Morgan fingerprint density at radius 2 is 1.97 bits per heavy atom. The van der Waals surface area contributed by atoms with Gasteiger partial charge in [0.1, 0.15) is 23.2 Å². The van der Waals surface area contributed by atoms with Gasteiger partial charge in [-0.15, -0.1) is 0 Å². The summed E-state index contributed by atoms with van der Waals surface area (Å²) in [5, 5.41) is 3.82. The number of nitrogens with zero attached hydrogens (tertiary/aromatic N) is 3. The van der Waals surface area contributed by atoms with Gasteiger partial charge in [-0.25, -0.2) is 14.4 Å². The Bertz CT molecular complexity index is 1350. The van der Waals surface area contributed by atoms with Crippen LogP contribution >= 0.6 is 0 Å². The third kappa shape index (κ3) is 4.31. The van der Waals surface area contributed by atoms with Crippen LogP contribution in [0.25, 0.3) is 10.9 Å². The van der Waals surface area contributed by atoms with E-state index in [9.17, 15) is 18.0 Å². The van der Waals surface area contributed by atoms with E-state index in [1.807, 2.05) is 0 Å². The average molecular weight is 485 g/mol. The highest BCUT2D eigenvalue weighted by Crippen LogP contribution is 2.41. The van der Waals surface area contributed by atoms with Crippen LogP contribution in [-0.4, -0.2) is 35.1 Å². The van der Waals surface area contributed by atoms with Crippen LogP contribution in [0.3, 0.4) is 0 Å². The number of carbonyl (C=O) groups is 1. The zero-order valence-corrected chi connectivity index (χ0v) is 20.3. The number of ether oxygens (including phenoxy) is 1. The number of likely N-dealkylation sites (N-methyl/N-ethyl adjacent to an activating group) is 1. The maximum atomic E-state index is 14.9. The van der Waals surface area contributed by atoms with E-state index >= 15 is 0 Å². The molecule has 184 valence electrons. The minimum absolute atomic E-state index is 0.150. The number of nitrogens with one attached hydrogen (secondary N) is 1. The minimum atomic E-state index is -3.45. The predicted octanol–water partition coefficient (Wildman–Crippen LogP) is 5.53. The van der Waals surface area contributed by atoms with Gasteiger partial charge in [0.25, 0.3) is 11.8 Å². The molecular weight excluding hydrogens is 457 g/mol. The van der Waals surface area contributed by atoms with Crippen LogP contribution < -0.4 is 15.0 Å². The van der Waals surface area contributed by atoms with Crippen molar-refractivity contribution in [3.63, 3.8) is 0 Å². The fourth-order valence-electron chi connectivity index (χ4n) is 4.13. The lowest BCUT2D eigenvalue weighted by atomic mass is 9.98. The Balaban J connectivity index is 1.63. The molecule has 9 heteroatoms. The molecule has 0 saturated heterocycles. The lowest BCUT2D eigenvalue weighted by Crippen LogP contribution is -2.50. The van der Waals surface area contributed by atoms with Crippen LogP contribution in [0.15, 0.2) is 42.5 Å². The largest absolute Gasteiger partial charge is 0.476 e. The molecule has 1 aliphatic heterocycles. The second-order valence-corrected chi connectivity index (χ2v) is 9.24. The molecule has 1 amide bonds. The molecule has 1 aliphatic rings. The van der Waals surface area contributed by atoms with Crippen molar-refractivity contribution in [3.05, 3.63) is 65.3 Å². The normalized spacial score (nSPS) is 15.1.